The smallest absolute Gasteiger partial charge is 0.271 e. The summed E-state index contributed by atoms with van der Waals surface area (Å²) < 4.78 is 0. The van der Waals surface area contributed by atoms with Gasteiger partial charge in [0.05, 0.1) is 6.21 Å². The molecule has 0 unspecified atom stereocenters. The van der Waals surface area contributed by atoms with Gasteiger partial charge in [-0.2, -0.15) is 5.10 Å². The molecule has 0 bridgehead atoms. The largest absolute Gasteiger partial charge is 0.363 e. The molecule has 1 heterocycles. The predicted octanol–water partition coefficient (Wildman–Crippen LogP) is 5.43. The molecule has 0 radical (unpaired) electrons. The molecular formula is C27H23N3O. The zero-order valence-electron chi connectivity index (χ0n) is 17.4. The number of nitrogens with one attached hydrogen (secondary N) is 1. The van der Waals surface area contributed by atoms with E-state index in [4.69, 9.17) is 0 Å². The number of carbonyl (C=O) groups excluding carboxylic acids is 1. The molecule has 4 heteroatoms. The molecule has 1 aliphatic rings. The van der Waals surface area contributed by atoms with Gasteiger partial charge in [-0.15, -0.1) is 0 Å². The van der Waals surface area contributed by atoms with Crippen molar-refractivity contribution in [2.24, 2.45) is 5.10 Å². The third kappa shape index (κ3) is 3.92. The van der Waals surface area contributed by atoms with E-state index in [-0.39, 0.29) is 5.91 Å². The molecule has 0 saturated heterocycles. The van der Waals surface area contributed by atoms with Crippen LogP contribution in [-0.4, -0.2) is 12.1 Å². The highest BCUT2D eigenvalue weighted by Crippen LogP contribution is 2.29. The van der Waals surface area contributed by atoms with Gasteiger partial charge in [-0.05, 0) is 53.1 Å². The van der Waals surface area contributed by atoms with Gasteiger partial charge in [0.25, 0.3) is 5.91 Å². The summed E-state index contributed by atoms with van der Waals surface area (Å²) in [4.78, 5) is 15.0. The fourth-order valence-corrected chi connectivity index (χ4v) is 4.06. The summed E-state index contributed by atoms with van der Waals surface area (Å²) in [6.45, 7) is 3.76. The molecule has 4 aromatic rings. The number of nitrogens with zero attached hydrogens (tertiary/aromatic N) is 2. The van der Waals surface area contributed by atoms with Crippen molar-refractivity contribution < 1.29 is 4.79 Å². The first-order valence-electron chi connectivity index (χ1n) is 10.4. The molecule has 0 aliphatic carbocycles. The molecule has 1 amide bonds. The monoisotopic (exact) mass is 405 g/mol. The molecule has 152 valence electrons. The van der Waals surface area contributed by atoms with Crippen molar-refractivity contribution in [2.75, 3.05) is 4.90 Å². The summed E-state index contributed by atoms with van der Waals surface area (Å²) in [5, 5.41) is 6.45. The molecular weight excluding hydrogens is 382 g/mol. The molecule has 31 heavy (non-hydrogen) atoms. The topological polar surface area (TPSA) is 44.7 Å². The highest BCUT2D eigenvalue weighted by atomic mass is 16.2. The van der Waals surface area contributed by atoms with Crippen molar-refractivity contribution in [3.05, 3.63) is 113 Å². The van der Waals surface area contributed by atoms with E-state index in [1.807, 2.05) is 42.5 Å². The van der Waals surface area contributed by atoms with Crippen molar-refractivity contribution in [1.82, 2.24) is 5.43 Å². The first-order chi connectivity index (χ1) is 15.2. The number of hydrogen-bond acceptors (Lipinski definition) is 3. The van der Waals surface area contributed by atoms with Crippen molar-refractivity contribution in [3.8, 4) is 0 Å². The molecule has 4 aromatic carbocycles. The van der Waals surface area contributed by atoms with Crippen LogP contribution in [0, 0.1) is 6.92 Å². The number of benzene rings is 4. The van der Waals surface area contributed by atoms with Crippen LogP contribution in [0.1, 0.15) is 32.6 Å². The van der Waals surface area contributed by atoms with Crippen LogP contribution in [0.5, 0.6) is 0 Å². The Hall–Kier alpha value is -3.92. The Balaban J connectivity index is 1.29. The Morgan fingerprint density at radius 3 is 2.55 bits per heavy atom. The summed E-state index contributed by atoms with van der Waals surface area (Å²) in [5.74, 6) is -0.201. The zero-order chi connectivity index (χ0) is 21.2. The highest BCUT2D eigenvalue weighted by molar-refractivity contribution is 6.00. The predicted molar refractivity (Wildman–Crippen MR) is 127 cm³/mol. The van der Waals surface area contributed by atoms with Crippen LogP contribution < -0.4 is 10.3 Å². The Labute approximate surface area is 181 Å². The maximum Gasteiger partial charge on any atom is 0.271 e. The zero-order valence-corrected chi connectivity index (χ0v) is 17.4. The van der Waals surface area contributed by atoms with E-state index >= 15 is 0 Å². The van der Waals surface area contributed by atoms with E-state index in [9.17, 15) is 4.79 Å². The number of fused-ring (bicyclic) bond motifs is 2. The number of aryl methyl sites for hydroxylation is 1. The summed E-state index contributed by atoms with van der Waals surface area (Å²) in [5.41, 5.74) is 9.17. The molecule has 0 atom stereocenters. The van der Waals surface area contributed by atoms with Gasteiger partial charge in [0, 0.05) is 29.9 Å². The molecule has 0 saturated carbocycles. The molecule has 0 aromatic heterocycles. The molecule has 1 N–H and O–H groups in total. The number of hydrogen-bond donors (Lipinski definition) is 1. The Bertz CT molecular complexity index is 1290. The van der Waals surface area contributed by atoms with Crippen LogP contribution in [0.15, 0.2) is 90.0 Å². The first kappa shape index (κ1) is 19.1. The second kappa shape index (κ2) is 8.07. The van der Waals surface area contributed by atoms with Gasteiger partial charge in [0.1, 0.15) is 0 Å². The molecule has 4 nitrogen and oxygen atoms in total. The van der Waals surface area contributed by atoms with Gasteiger partial charge >= 0.3 is 0 Å². The molecule has 1 aliphatic heterocycles. The average molecular weight is 406 g/mol. The van der Waals surface area contributed by atoms with Crippen molar-refractivity contribution in [1.29, 1.82) is 0 Å². The minimum atomic E-state index is -0.201. The SMILES string of the molecule is Cc1ccc(N2Cc3ccc(C(=O)N/N=C/c4cccc5ccccc45)cc3C2)cc1. The van der Waals surface area contributed by atoms with Gasteiger partial charge < -0.3 is 4.90 Å². The van der Waals surface area contributed by atoms with Crippen molar-refractivity contribution in [2.45, 2.75) is 20.0 Å². The Kier molecular flexibility index (Phi) is 4.97. The lowest BCUT2D eigenvalue weighted by molar-refractivity contribution is 0.0955. The molecule has 5 rings (SSSR count). The van der Waals surface area contributed by atoms with Crippen LogP contribution in [-0.2, 0) is 13.1 Å². The van der Waals surface area contributed by atoms with E-state index in [1.54, 1.807) is 6.21 Å². The van der Waals surface area contributed by atoms with Crippen LogP contribution >= 0.6 is 0 Å². The van der Waals surface area contributed by atoms with Gasteiger partial charge in [-0.3, -0.25) is 4.79 Å². The van der Waals surface area contributed by atoms with Crippen LogP contribution in [0.25, 0.3) is 10.8 Å². The van der Waals surface area contributed by atoms with Gasteiger partial charge in [-0.25, -0.2) is 5.43 Å². The van der Waals surface area contributed by atoms with Gasteiger partial charge in [-0.1, -0.05) is 66.2 Å². The normalized spacial score (nSPS) is 13.0. The maximum atomic E-state index is 12.6. The number of anilines is 1. The van der Waals surface area contributed by atoms with Crippen molar-refractivity contribution >= 4 is 28.6 Å². The molecule has 0 spiro atoms. The minimum Gasteiger partial charge on any atom is -0.363 e. The fraction of sp³-hybridized carbons (Fsp3) is 0.111. The number of rotatable bonds is 4. The number of amides is 1. The molecule has 0 fully saturated rings. The Morgan fingerprint density at radius 2 is 1.68 bits per heavy atom. The lowest BCUT2D eigenvalue weighted by Crippen LogP contribution is -2.18. The van der Waals surface area contributed by atoms with E-state index in [2.05, 4.69) is 64.8 Å². The second-order valence-corrected chi connectivity index (χ2v) is 7.94. The van der Waals surface area contributed by atoms with Gasteiger partial charge in [0.2, 0.25) is 0 Å². The highest BCUT2D eigenvalue weighted by Gasteiger charge is 2.20. The summed E-state index contributed by atoms with van der Waals surface area (Å²) in [7, 11) is 0. The summed E-state index contributed by atoms with van der Waals surface area (Å²) >= 11 is 0. The van der Waals surface area contributed by atoms with E-state index in [0.717, 1.165) is 29.4 Å². The van der Waals surface area contributed by atoms with E-state index in [1.165, 1.54) is 22.4 Å². The third-order valence-electron chi connectivity index (χ3n) is 5.78. The number of hydrazone groups is 1. The van der Waals surface area contributed by atoms with Crippen LogP contribution in [0.2, 0.25) is 0 Å². The quantitative estimate of drug-likeness (QED) is 0.363. The van der Waals surface area contributed by atoms with Gasteiger partial charge in [0.15, 0.2) is 0 Å². The lowest BCUT2D eigenvalue weighted by Gasteiger charge is -2.17. The van der Waals surface area contributed by atoms with Crippen molar-refractivity contribution in [3.63, 3.8) is 0 Å². The summed E-state index contributed by atoms with van der Waals surface area (Å²) in [6, 6.07) is 28.6. The maximum absolute atomic E-state index is 12.6. The second-order valence-electron chi connectivity index (χ2n) is 7.94. The van der Waals surface area contributed by atoms with Crippen LogP contribution in [0.4, 0.5) is 5.69 Å². The van der Waals surface area contributed by atoms with E-state index < -0.39 is 0 Å². The van der Waals surface area contributed by atoms with E-state index in [0.29, 0.717) is 5.56 Å². The average Bonchev–Trinajstić information content (AvgIpc) is 3.23. The number of carbonyl (C=O) groups is 1. The minimum absolute atomic E-state index is 0.201. The summed E-state index contributed by atoms with van der Waals surface area (Å²) in [6.07, 6.45) is 1.70. The lowest BCUT2D eigenvalue weighted by atomic mass is 10.1. The third-order valence-corrected chi connectivity index (χ3v) is 5.78. The Morgan fingerprint density at radius 1 is 0.903 bits per heavy atom. The van der Waals surface area contributed by atoms with Crippen LogP contribution in [0.3, 0.4) is 0 Å². The first-order valence-corrected chi connectivity index (χ1v) is 10.4. The standard InChI is InChI=1S/C27H23N3O/c1-19-9-13-25(14-10-19)30-17-23-12-11-21(15-24(23)18-30)27(31)29-28-16-22-7-4-6-20-5-2-3-8-26(20)22/h2-16H,17-18H2,1H3,(H,29,31)/b28-16+. The fourth-order valence-electron chi connectivity index (χ4n) is 4.06.